The van der Waals surface area contributed by atoms with Gasteiger partial charge in [-0.2, -0.15) is 0 Å². The Morgan fingerprint density at radius 2 is 1.85 bits per heavy atom. The molecule has 26 heavy (non-hydrogen) atoms. The lowest BCUT2D eigenvalue weighted by Crippen LogP contribution is -2.45. The van der Waals surface area contributed by atoms with Crippen LogP contribution in [-0.2, 0) is 13.0 Å². The van der Waals surface area contributed by atoms with Gasteiger partial charge in [-0.1, -0.05) is 36.4 Å². The summed E-state index contributed by atoms with van der Waals surface area (Å²) in [6.45, 7) is 2.00. The highest BCUT2D eigenvalue weighted by Gasteiger charge is 2.31. The Balaban J connectivity index is 1.52. The van der Waals surface area contributed by atoms with E-state index in [0.717, 1.165) is 36.2 Å². The lowest BCUT2D eigenvalue weighted by atomic mass is 9.97. The molecule has 1 aliphatic heterocycles. The van der Waals surface area contributed by atoms with Crippen molar-refractivity contribution in [2.24, 2.45) is 0 Å². The molecule has 0 saturated carbocycles. The summed E-state index contributed by atoms with van der Waals surface area (Å²) in [7, 11) is 3.21. The fourth-order valence-corrected chi connectivity index (χ4v) is 3.77. The lowest BCUT2D eigenvalue weighted by Gasteiger charge is -2.39. The largest absolute Gasteiger partial charge is 0.493 e. The van der Waals surface area contributed by atoms with Crippen LogP contribution in [0.25, 0.3) is 0 Å². The maximum atomic E-state index is 12.8. The SMILES string of the molecule is COc1cc2c(cc1OC)C(=O)/C(=C/C1CCN1Cc1ccccc1)C2. The Bertz CT molecular complexity index is 857. The molecule has 1 atom stereocenters. The van der Waals surface area contributed by atoms with Gasteiger partial charge in [-0.25, -0.2) is 0 Å². The van der Waals surface area contributed by atoms with E-state index in [9.17, 15) is 4.79 Å². The summed E-state index contributed by atoms with van der Waals surface area (Å²) in [5.74, 6) is 1.40. The molecule has 1 aliphatic carbocycles. The summed E-state index contributed by atoms with van der Waals surface area (Å²) in [4.78, 5) is 15.2. The third-order valence-electron chi connectivity index (χ3n) is 5.33. The van der Waals surface area contributed by atoms with E-state index in [1.807, 2.05) is 12.1 Å². The van der Waals surface area contributed by atoms with E-state index < -0.39 is 0 Å². The van der Waals surface area contributed by atoms with Gasteiger partial charge < -0.3 is 9.47 Å². The number of allylic oxidation sites excluding steroid dienone is 1. The van der Waals surface area contributed by atoms with Gasteiger partial charge in [-0.15, -0.1) is 0 Å². The van der Waals surface area contributed by atoms with E-state index in [1.165, 1.54) is 5.56 Å². The van der Waals surface area contributed by atoms with Crippen LogP contribution >= 0.6 is 0 Å². The molecule has 0 N–H and O–H groups in total. The summed E-state index contributed by atoms with van der Waals surface area (Å²) >= 11 is 0. The second-order valence-corrected chi connectivity index (χ2v) is 6.87. The van der Waals surface area contributed by atoms with Crippen molar-refractivity contribution < 1.29 is 14.3 Å². The molecule has 1 heterocycles. The highest BCUT2D eigenvalue weighted by atomic mass is 16.5. The van der Waals surface area contributed by atoms with E-state index in [1.54, 1.807) is 20.3 Å². The van der Waals surface area contributed by atoms with Crippen molar-refractivity contribution >= 4 is 5.78 Å². The van der Waals surface area contributed by atoms with Crippen molar-refractivity contribution in [3.05, 3.63) is 70.8 Å². The van der Waals surface area contributed by atoms with Crippen LogP contribution < -0.4 is 9.47 Å². The summed E-state index contributed by atoms with van der Waals surface area (Å²) in [5, 5.41) is 0. The number of ketones is 1. The number of nitrogens with zero attached hydrogens (tertiary/aromatic N) is 1. The van der Waals surface area contributed by atoms with Crippen LogP contribution in [0.4, 0.5) is 0 Å². The normalized spacial score (nSPS) is 20.8. The van der Waals surface area contributed by atoms with Gasteiger partial charge in [-0.3, -0.25) is 9.69 Å². The van der Waals surface area contributed by atoms with E-state index >= 15 is 0 Å². The molecule has 0 spiro atoms. The first-order chi connectivity index (χ1) is 12.7. The van der Waals surface area contributed by atoms with Gasteiger partial charge in [0.15, 0.2) is 17.3 Å². The number of hydrogen-bond donors (Lipinski definition) is 0. The quantitative estimate of drug-likeness (QED) is 0.773. The Morgan fingerprint density at radius 3 is 2.50 bits per heavy atom. The topological polar surface area (TPSA) is 38.8 Å². The minimum Gasteiger partial charge on any atom is -0.493 e. The first-order valence-corrected chi connectivity index (χ1v) is 8.98. The molecule has 134 valence electrons. The van der Waals surface area contributed by atoms with Crippen molar-refractivity contribution in [3.63, 3.8) is 0 Å². The van der Waals surface area contributed by atoms with Gasteiger partial charge in [0.1, 0.15) is 0 Å². The molecule has 0 bridgehead atoms. The fourth-order valence-electron chi connectivity index (χ4n) is 3.77. The Hall–Kier alpha value is -2.59. The number of hydrogen-bond acceptors (Lipinski definition) is 4. The number of Topliss-reactive ketones (excluding diaryl/α,β-unsaturated/α-hetero) is 1. The molecule has 0 aromatic heterocycles. The smallest absolute Gasteiger partial charge is 0.189 e. The third kappa shape index (κ3) is 3.01. The predicted molar refractivity (Wildman–Crippen MR) is 101 cm³/mol. The van der Waals surface area contributed by atoms with Gasteiger partial charge in [0.05, 0.1) is 14.2 Å². The molecule has 0 amide bonds. The van der Waals surface area contributed by atoms with Crippen molar-refractivity contribution in [1.29, 1.82) is 0 Å². The molecule has 0 radical (unpaired) electrons. The number of rotatable bonds is 5. The highest BCUT2D eigenvalue weighted by molar-refractivity contribution is 6.13. The van der Waals surface area contributed by atoms with E-state index in [4.69, 9.17) is 9.47 Å². The summed E-state index contributed by atoms with van der Waals surface area (Å²) in [5.41, 5.74) is 3.96. The number of likely N-dealkylation sites (tertiary alicyclic amines) is 1. The molecule has 2 aromatic carbocycles. The number of carbonyl (C=O) groups excluding carboxylic acids is 1. The standard InChI is InChI=1S/C22H23NO3/c1-25-20-12-16-10-17(22(24)19(16)13-21(20)26-2)11-18-8-9-23(18)14-15-6-4-3-5-7-15/h3-7,11-13,18H,8-10,14H2,1-2H3/b17-11+. The zero-order valence-electron chi connectivity index (χ0n) is 15.2. The molecule has 4 rings (SSSR count). The Morgan fingerprint density at radius 1 is 1.12 bits per heavy atom. The van der Waals surface area contributed by atoms with Gasteiger partial charge in [-0.05, 0) is 29.7 Å². The molecule has 4 nitrogen and oxygen atoms in total. The zero-order chi connectivity index (χ0) is 18.1. The number of ether oxygens (including phenoxy) is 2. The van der Waals surface area contributed by atoms with Crippen molar-refractivity contribution in [2.45, 2.75) is 25.4 Å². The Kier molecular flexibility index (Phi) is 4.51. The maximum Gasteiger partial charge on any atom is 0.189 e. The maximum absolute atomic E-state index is 12.8. The van der Waals surface area contributed by atoms with E-state index in [0.29, 0.717) is 24.0 Å². The molecular weight excluding hydrogens is 326 g/mol. The molecule has 1 saturated heterocycles. The van der Waals surface area contributed by atoms with E-state index in [2.05, 4.69) is 35.2 Å². The van der Waals surface area contributed by atoms with Gasteiger partial charge in [0.25, 0.3) is 0 Å². The average molecular weight is 349 g/mol. The zero-order valence-corrected chi connectivity index (χ0v) is 15.2. The number of carbonyl (C=O) groups is 1. The molecule has 2 aliphatic rings. The second kappa shape index (κ2) is 6.96. The molecule has 1 unspecified atom stereocenters. The second-order valence-electron chi connectivity index (χ2n) is 6.87. The van der Waals surface area contributed by atoms with Crippen LogP contribution in [0.5, 0.6) is 11.5 Å². The number of methoxy groups -OCH3 is 2. The Labute approximate surface area is 154 Å². The monoisotopic (exact) mass is 349 g/mol. The van der Waals surface area contributed by atoms with Gasteiger partial charge in [0, 0.05) is 36.7 Å². The summed E-state index contributed by atoms with van der Waals surface area (Å²) in [6, 6.07) is 14.5. The first kappa shape index (κ1) is 16.9. The van der Waals surface area contributed by atoms with Gasteiger partial charge in [0.2, 0.25) is 0 Å². The van der Waals surface area contributed by atoms with Crippen LogP contribution in [0.3, 0.4) is 0 Å². The van der Waals surface area contributed by atoms with Crippen LogP contribution in [0.15, 0.2) is 54.1 Å². The van der Waals surface area contributed by atoms with Crippen molar-refractivity contribution in [3.8, 4) is 11.5 Å². The number of fused-ring (bicyclic) bond motifs is 1. The summed E-state index contributed by atoms with van der Waals surface area (Å²) < 4.78 is 10.7. The highest BCUT2D eigenvalue weighted by Crippen LogP contribution is 2.37. The minimum atomic E-state index is 0.118. The van der Waals surface area contributed by atoms with Gasteiger partial charge >= 0.3 is 0 Å². The summed E-state index contributed by atoms with van der Waals surface area (Å²) in [6.07, 6.45) is 3.94. The average Bonchev–Trinajstić information content (AvgIpc) is 2.97. The minimum absolute atomic E-state index is 0.118. The third-order valence-corrected chi connectivity index (χ3v) is 5.33. The molecule has 2 aromatic rings. The van der Waals surface area contributed by atoms with Crippen LogP contribution in [0.2, 0.25) is 0 Å². The molecular formula is C22H23NO3. The van der Waals surface area contributed by atoms with Crippen LogP contribution in [0, 0.1) is 0 Å². The predicted octanol–water partition coefficient (Wildman–Crippen LogP) is 3.64. The molecule has 1 fully saturated rings. The fraction of sp³-hybridized carbons (Fsp3) is 0.318. The van der Waals surface area contributed by atoms with Crippen LogP contribution in [-0.4, -0.2) is 37.5 Å². The van der Waals surface area contributed by atoms with Crippen molar-refractivity contribution in [2.75, 3.05) is 20.8 Å². The number of benzene rings is 2. The van der Waals surface area contributed by atoms with E-state index in [-0.39, 0.29) is 5.78 Å². The first-order valence-electron chi connectivity index (χ1n) is 8.98. The van der Waals surface area contributed by atoms with Crippen molar-refractivity contribution in [1.82, 2.24) is 4.90 Å². The molecule has 4 heteroatoms. The lowest BCUT2D eigenvalue weighted by molar-refractivity contribution is 0.102. The van der Waals surface area contributed by atoms with Crippen LogP contribution in [0.1, 0.15) is 27.9 Å².